The first-order chi connectivity index (χ1) is 10.5. The van der Waals surface area contributed by atoms with Crippen LogP contribution in [0.5, 0.6) is 0 Å². The van der Waals surface area contributed by atoms with Gasteiger partial charge in [0.2, 0.25) is 5.91 Å². The fraction of sp³-hybridized carbons (Fsp3) is 0.412. The lowest BCUT2D eigenvalue weighted by atomic mass is 10.1. The van der Waals surface area contributed by atoms with Crippen LogP contribution in [0.2, 0.25) is 0 Å². The molecule has 118 valence electrons. The summed E-state index contributed by atoms with van der Waals surface area (Å²) < 4.78 is 2.12. The van der Waals surface area contributed by atoms with Crippen LogP contribution in [0.25, 0.3) is 0 Å². The van der Waals surface area contributed by atoms with Crippen LogP contribution in [0.1, 0.15) is 44.0 Å². The summed E-state index contributed by atoms with van der Waals surface area (Å²) in [7, 11) is 0. The molecule has 0 saturated carbocycles. The van der Waals surface area contributed by atoms with Gasteiger partial charge in [-0.3, -0.25) is 4.79 Å². The van der Waals surface area contributed by atoms with Crippen molar-refractivity contribution in [3.05, 3.63) is 42.0 Å². The Kier molecular flexibility index (Phi) is 5.20. The molecule has 1 aromatic carbocycles. The van der Waals surface area contributed by atoms with Gasteiger partial charge >= 0.3 is 0 Å². The topological polar surface area (TPSA) is 72.9 Å². The summed E-state index contributed by atoms with van der Waals surface area (Å²) in [5.41, 5.74) is 8.22. The number of benzene rings is 1. The number of nitrogens with zero attached hydrogens (tertiary/aromatic N) is 2. The SMILES string of the molecule is Cc1cc(N)ccc1NC(=O)CCCn1ccnc1C(C)C. The molecule has 0 aliphatic carbocycles. The van der Waals surface area contributed by atoms with Crippen molar-refractivity contribution < 1.29 is 4.79 Å². The average Bonchev–Trinajstić information content (AvgIpc) is 2.90. The van der Waals surface area contributed by atoms with Gasteiger partial charge in [0, 0.05) is 42.7 Å². The van der Waals surface area contributed by atoms with Crippen molar-refractivity contribution in [3.63, 3.8) is 0 Å². The van der Waals surface area contributed by atoms with Gasteiger partial charge in [0.1, 0.15) is 5.82 Å². The maximum absolute atomic E-state index is 12.0. The zero-order valence-corrected chi connectivity index (χ0v) is 13.5. The van der Waals surface area contributed by atoms with Crippen molar-refractivity contribution >= 4 is 17.3 Å². The Morgan fingerprint density at radius 1 is 1.41 bits per heavy atom. The molecule has 0 radical (unpaired) electrons. The largest absolute Gasteiger partial charge is 0.399 e. The second-order valence-corrected chi connectivity index (χ2v) is 5.86. The van der Waals surface area contributed by atoms with E-state index in [4.69, 9.17) is 5.73 Å². The molecule has 5 nitrogen and oxygen atoms in total. The molecule has 2 rings (SSSR count). The first kappa shape index (κ1) is 16.1. The molecule has 2 aromatic rings. The molecule has 1 aromatic heterocycles. The van der Waals surface area contributed by atoms with E-state index in [1.165, 1.54) is 0 Å². The average molecular weight is 300 g/mol. The Bertz CT molecular complexity index is 646. The molecular formula is C17H24N4O. The molecule has 0 fully saturated rings. The highest BCUT2D eigenvalue weighted by Gasteiger charge is 2.08. The lowest BCUT2D eigenvalue weighted by Crippen LogP contribution is -2.14. The van der Waals surface area contributed by atoms with E-state index in [0.717, 1.165) is 30.0 Å². The molecule has 3 N–H and O–H groups in total. The second-order valence-electron chi connectivity index (χ2n) is 5.86. The number of nitrogen functional groups attached to an aromatic ring is 1. The van der Waals surface area contributed by atoms with Gasteiger partial charge in [0.15, 0.2) is 0 Å². The van der Waals surface area contributed by atoms with Crippen molar-refractivity contribution in [3.8, 4) is 0 Å². The number of anilines is 2. The number of hydrogen-bond acceptors (Lipinski definition) is 3. The van der Waals surface area contributed by atoms with E-state index in [-0.39, 0.29) is 5.91 Å². The molecule has 5 heteroatoms. The Morgan fingerprint density at radius 3 is 2.86 bits per heavy atom. The number of hydrogen-bond donors (Lipinski definition) is 2. The van der Waals surface area contributed by atoms with Crippen molar-refractivity contribution in [1.82, 2.24) is 9.55 Å². The minimum Gasteiger partial charge on any atom is -0.399 e. The molecule has 1 amide bonds. The first-order valence-electron chi connectivity index (χ1n) is 7.64. The van der Waals surface area contributed by atoms with Crippen molar-refractivity contribution in [1.29, 1.82) is 0 Å². The van der Waals surface area contributed by atoms with E-state index in [1.54, 1.807) is 6.07 Å². The number of imidazole rings is 1. The maximum atomic E-state index is 12.0. The van der Waals surface area contributed by atoms with Gasteiger partial charge in [-0.15, -0.1) is 0 Å². The minimum atomic E-state index is 0.0269. The zero-order chi connectivity index (χ0) is 16.1. The standard InChI is InChI=1S/C17H24N4O/c1-12(2)17-19-8-10-21(17)9-4-5-16(22)20-15-7-6-14(18)11-13(15)3/h6-8,10-12H,4-5,9,18H2,1-3H3,(H,20,22). The summed E-state index contributed by atoms with van der Waals surface area (Å²) in [6.45, 7) is 6.98. The van der Waals surface area contributed by atoms with Gasteiger partial charge in [-0.05, 0) is 37.1 Å². The number of nitrogens with one attached hydrogen (secondary N) is 1. The van der Waals surface area contributed by atoms with Crippen LogP contribution < -0.4 is 11.1 Å². The summed E-state index contributed by atoms with van der Waals surface area (Å²) in [6.07, 6.45) is 5.06. The Hall–Kier alpha value is -2.30. The van der Waals surface area contributed by atoms with Crippen LogP contribution >= 0.6 is 0 Å². The van der Waals surface area contributed by atoms with E-state index in [0.29, 0.717) is 18.0 Å². The smallest absolute Gasteiger partial charge is 0.224 e. The third-order valence-corrected chi connectivity index (χ3v) is 3.59. The van der Waals surface area contributed by atoms with Gasteiger partial charge in [-0.2, -0.15) is 0 Å². The zero-order valence-electron chi connectivity index (χ0n) is 13.5. The molecule has 0 bridgehead atoms. The molecule has 0 spiro atoms. The van der Waals surface area contributed by atoms with Gasteiger partial charge < -0.3 is 15.6 Å². The fourth-order valence-corrected chi connectivity index (χ4v) is 2.46. The molecule has 0 aliphatic rings. The van der Waals surface area contributed by atoms with Crippen LogP contribution in [0.15, 0.2) is 30.6 Å². The predicted molar refractivity (Wildman–Crippen MR) is 89.8 cm³/mol. The van der Waals surface area contributed by atoms with E-state index >= 15 is 0 Å². The quantitative estimate of drug-likeness (QED) is 0.804. The highest BCUT2D eigenvalue weighted by atomic mass is 16.1. The van der Waals surface area contributed by atoms with Crippen LogP contribution in [0.3, 0.4) is 0 Å². The maximum Gasteiger partial charge on any atom is 0.224 e. The molecule has 22 heavy (non-hydrogen) atoms. The Morgan fingerprint density at radius 2 is 2.18 bits per heavy atom. The third kappa shape index (κ3) is 4.10. The molecule has 0 saturated heterocycles. The minimum absolute atomic E-state index is 0.0269. The number of nitrogens with two attached hydrogens (primary N) is 1. The normalized spacial score (nSPS) is 10.9. The third-order valence-electron chi connectivity index (χ3n) is 3.59. The number of rotatable bonds is 6. The molecule has 0 atom stereocenters. The first-order valence-corrected chi connectivity index (χ1v) is 7.64. The van der Waals surface area contributed by atoms with Gasteiger partial charge in [-0.25, -0.2) is 4.98 Å². The fourth-order valence-electron chi connectivity index (χ4n) is 2.46. The summed E-state index contributed by atoms with van der Waals surface area (Å²) >= 11 is 0. The predicted octanol–water partition coefficient (Wildman–Crippen LogP) is 3.32. The van der Waals surface area contributed by atoms with Gasteiger partial charge in [-0.1, -0.05) is 13.8 Å². The van der Waals surface area contributed by atoms with Crippen LogP contribution in [-0.4, -0.2) is 15.5 Å². The molecule has 0 aliphatic heterocycles. The van der Waals surface area contributed by atoms with Crippen molar-refractivity contribution in [2.45, 2.75) is 46.1 Å². The lowest BCUT2D eigenvalue weighted by molar-refractivity contribution is -0.116. The van der Waals surface area contributed by atoms with E-state index in [9.17, 15) is 4.79 Å². The number of aromatic nitrogens is 2. The lowest BCUT2D eigenvalue weighted by Gasteiger charge is -2.11. The number of carbonyl (C=O) groups excluding carboxylic acids is 1. The van der Waals surface area contributed by atoms with Crippen LogP contribution in [-0.2, 0) is 11.3 Å². The van der Waals surface area contributed by atoms with E-state index < -0.39 is 0 Å². The van der Waals surface area contributed by atoms with E-state index in [1.807, 2.05) is 31.5 Å². The number of amides is 1. The highest BCUT2D eigenvalue weighted by Crippen LogP contribution is 2.18. The van der Waals surface area contributed by atoms with Crippen molar-refractivity contribution in [2.75, 3.05) is 11.1 Å². The summed E-state index contributed by atoms with van der Waals surface area (Å²) in [4.78, 5) is 16.4. The van der Waals surface area contributed by atoms with Crippen LogP contribution in [0.4, 0.5) is 11.4 Å². The summed E-state index contributed by atoms with van der Waals surface area (Å²) in [5.74, 6) is 1.48. The van der Waals surface area contributed by atoms with Gasteiger partial charge in [0.25, 0.3) is 0 Å². The molecular weight excluding hydrogens is 276 g/mol. The molecule has 1 heterocycles. The van der Waals surface area contributed by atoms with Crippen LogP contribution in [0, 0.1) is 6.92 Å². The highest BCUT2D eigenvalue weighted by molar-refractivity contribution is 5.91. The number of aryl methyl sites for hydroxylation is 2. The second kappa shape index (κ2) is 7.11. The van der Waals surface area contributed by atoms with Crippen molar-refractivity contribution in [2.24, 2.45) is 0 Å². The summed E-state index contributed by atoms with van der Waals surface area (Å²) in [6, 6.07) is 5.49. The monoisotopic (exact) mass is 300 g/mol. The number of carbonyl (C=O) groups is 1. The molecule has 0 unspecified atom stereocenters. The Labute approximate surface area is 131 Å². The van der Waals surface area contributed by atoms with Gasteiger partial charge in [0.05, 0.1) is 0 Å². The Balaban J connectivity index is 1.84. The summed E-state index contributed by atoms with van der Waals surface area (Å²) in [5, 5.41) is 2.94. The van der Waals surface area contributed by atoms with E-state index in [2.05, 4.69) is 28.7 Å².